The van der Waals surface area contributed by atoms with E-state index < -0.39 is 17.7 Å². The molecule has 4 fully saturated rings. The molecule has 0 aromatic heterocycles. The van der Waals surface area contributed by atoms with Crippen LogP contribution in [0.1, 0.15) is 56.6 Å². The van der Waals surface area contributed by atoms with Crippen LogP contribution >= 0.6 is 0 Å². The van der Waals surface area contributed by atoms with Crippen LogP contribution in [0.15, 0.2) is 24.3 Å². The van der Waals surface area contributed by atoms with E-state index in [9.17, 15) is 4.79 Å². The Kier molecular flexibility index (Phi) is 4.77. The average molecular weight is 362 g/mol. The van der Waals surface area contributed by atoms with E-state index in [1.807, 2.05) is 24.3 Å². The number of esters is 1. The normalized spacial score (nSPS) is 36.2. The Morgan fingerprint density at radius 1 is 1.15 bits per heavy atom. The summed E-state index contributed by atoms with van der Waals surface area (Å²) in [5.41, 5.74) is 1.31. The van der Waals surface area contributed by atoms with Crippen molar-refractivity contribution in [1.82, 2.24) is 0 Å². The number of hydrogen-bond acceptors (Lipinski definition) is 6. The average Bonchev–Trinajstić information content (AvgIpc) is 2.93. The van der Waals surface area contributed by atoms with Crippen LogP contribution in [0.4, 0.5) is 0 Å². The molecule has 0 N–H and O–H groups in total. The molecule has 142 valence electrons. The van der Waals surface area contributed by atoms with Gasteiger partial charge in [-0.15, -0.1) is 0 Å². The second kappa shape index (κ2) is 6.93. The molecule has 1 aromatic carbocycles. The van der Waals surface area contributed by atoms with Gasteiger partial charge in [0.05, 0.1) is 0 Å². The van der Waals surface area contributed by atoms with Gasteiger partial charge in [-0.05, 0) is 30.7 Å². The van der Waals surface area contributed by atoms with Crippen molar-refractivity contribution in [1.29, 1.82) is 0 Å². The van der Waals surface area contributed by atoms with Crippen molar-refractivity contribution in [3.63, 3.8) is 0 Å². The molecule has 0 amide bonds. The van der Waals surface area contributed by atoms with Gasteiger partial charge >= 0.3 is 5.97 Å². The van der Waals surface area contributed by atoms with Crippen LogP contribution in [0, 0.1) is 5.92 Å². The van der Waals surface area contributed by atoms with Gasteiger partial charge in [0.15, 0.2) is 11.9 Å². The first-order chi connectivity index (χ1) is 12.6. The maximum atomic E-state index is 11.0. The molecule has 6 nitrogen and oxygen atoms in total. The van der Waals surface area contributed by atoms with Crippen LogP contribution in [0.3, 0.4) is 0 Å². The van der Waals surface area contributed by atoms with Crippen molar-refractivity contribution in [3.05, 3.63) is 35.4 Å². The second-order valence-electron chi connectivity index (χ2n) is 7.52. The van der Waals surface area contributed by atoms with Crippen molar-refractivity contribution in [2.24, 2.45) is 5.92 Å². The minimum absolute atomic E-state index is 0.257. The highest BCUT2D eigenvalue weighted by atomic mass is 17.3. The first-order valence-electron chi connectivity index (χ1n) is 9.38. The zero-order valence-corrected chi connectivity index (χ0v) is 15.4. The van der Waals surface area contributed by atoms with Crippen LogP contribution in [0.5, 0.6) is 0 Å². The zero-order valence-electron chi connectivity index (χ0n) is 15.4. The molecule has 3 saturated heterocycles. The number of ether oxygens (including phenoxy) is 3. The van der Waals surface area contributed by atoms with Gasteiger partial charge in [0, 0.05) is 26.0 Å². The minimum atomic E-state index is -0.955. The summed E-state index contributed by atoms with van der Waals surface area (Å²) in [5.74, 6) is -0.864. The van der Waals surface area contributed by atoms with Crippen LogP contribution in [-0.4, -0.2) is 25.0 Å². The van der Waals surface area contributed by atoms with E-state index >= 15 is 0 Å². The third-order valence-electron chi connectivity index (χ3n) is 5.96. The molecule has 4 atom stereocenters. The standard InChI is InChI=1S/C20H26O6/c1-14(21)23-13-15-6-8-17(9-7-15)20-12-10-16-5-3-4-11-19(16,25-26-20)18(22-2)24-20/h6-9,16,18H,3-5,10-13H2,1-2H3/t16-,18+,19+,20+/m1/s1. The molecule has 1 aromatic rings. The molecule has 2 bridgehead atoms. The third-order valence-corrected chi connectivity index (χ3v) is 5.96. The smallest absolute Gasteiger partial charge is 0.302 e. The van der Waals surface area contributed by atoms with Gasteiger partial charge in [-0.2, -0.15) is 4.89 Å². The fourth-order valence-electron chi connectivity index (χ4n) is 4.54. The molecule has 3 aliphatic heterocycles. The minimum Gasteiger partial charge on any atom is -0.461 e. The Morgan fingerprint density at radius 2 is 1.96 bits per heavy atom. The molecule has 3 heterocycles. The predicted molar refractivity (Wildman–Crippen MR) is 91.6 cm³/mol. The lowest BCUT2D eigenvalue weighted by Gasteiger charge is -2.49. The molecule has 4 aliphatic rings. The van der Waals surface area contributed by atoms with Gasteiger partial charge in [-0.1, -0.05) is 37.1 Å². The zero-order chi connectivity index (χ0) is 18.2. The van der Waals surface area contributed by atoms with Crippen molar-refractivity contribution < 1.29 is 28.8 Å². The first kappa shape index (κ1) is 17.9. The number of carbonyl (C=O) groups is 1. The third kappa shape index (κ3) is 2.95. The van der Waals surface area contributed by atoms with E-state index in [-0.39, 0.29) is 12.6 Å². The summed E-state index contributed by atoms with van der Waals surface area (Å²) in [6.07, 6.45) is 5.59. The van der Waals surface area contributed by atoms with Crippen LogP contribution < -0.4 is 0 Å². The van der Waals surface area contributed by atoms with Gasteiger partial charge in [-0.3, -0.25) is 4.79 Å². The quantitative estimate of drug-likeness (QED) is 0.603. The molecule has 1 aliphatic carbocycles. The van der Waals surface area contributed by atoms with E-state index in [2.05, 4.69) is 0 Å². The Bertz CT molecular complexity index is 655. The van der Waals surface area contributed by atoms with E-state index in [1.54, 1.807) is 7.11 Å². The van der Waals surface area contributed by atoms with E-state index in [0.29, 0.717) is 5.92 Å². The highest BCUT2D eigenvalue weighted by Crippen LogP contribution is 2.55. The molecule has 26 heavy (non-hydrogen) atoms. The summed E-state index contributed by atoms with van der Waals surface area (Å²) in [5, 5.41) is 0. The second-order valence-corrected chi connectivity index (χ2v) is 7.52. The lowest BCUT2D eigenvalue weighted by molar-refractivity contribution is -0.558. The fraction of sp³-hybridized carbons (Fsp3) is 0.650. The highest BCUT2D eigenvalue weighted by Gasteiger charge is 2.61. The van der Waals surface area contributed by atoms with Crippen LogP contribution in [-0.2, 0) is 41.2 Å². The SMILES string of the molecule is CO[C@H]1O[C@@]2(c3ccc(COC(C)=O)cc3)CC[C@H]3CCCC[C@]31OO2. The Hall–Kier alpha value is -1.47. The van der Waals surface area contributed by atoms with Gasteiger partial charge in [0.2, 0.25) is 5.79 Å². The van der Waals surface area contributed by atoms with Gasteiger partial charge < -0.3 is 14.2 Å². The molecular weight excluding hydrogens is 336 g/mol. The molecule has 1 spiro atoms. The maximum Gasteiger partial charge on any atom is 0.302 e. The monoisotopic (exact) mass is 362 g/mol. The number of benzene rings is 1. The van der Waals surface area contributed by atoms with Crippen molar-refractivity contribution in [2.75, 3.05) is 7.11 Å². The largest absolute Gasteiger partial charge is 0.461 e. The summed E-state index contributed by atoms with van der Waals surface area (Å²) >= 11 is 0. The molecule has 0 radical (unpaired) electrons. The Balaban J connectivity index is 1.59. The topological polar surface area (TPSA) is 63.2 Å². The maximum absolute atomic E-state index is 11.0. The van der Waals surface area contributed by atoms with E-state index in [1.165, 1.54) is 13.3 Å². The lowest BCUT2D eigenvalue weighted by Crippen LogP contribution is -2.59. The predicted octanol–water partition coefficient (Wildman–Crippen LogP) is 3.58. The van der Waals surface area contributed by atoms with Crippen molar-refractivity contribution in [3.8, 4) is 0 Å². The first-order valence-corrected chi connectivity index (χ1v) is 9.38. The number of methoxy groups -OCH3 is 1. The summed E-state index contributed by atoms with van der Waals surface area (Å²) in [4.78, 5) is 22.9. The summed E-state index contributed by atoms with van der Waals surface area (Å²) < 4.78 is 17.1. The van der Waals surface area contributed by atoms with Crippen LogP contribution in [0.25, 0.3) is 0 Å². The summed E-state index contributed by atoms with van der Waals surface area (Å²) in [6, 6.07) is 7.73. The van der Waals surface area contributed by atoms with Gasteiger partial charge in [-0.25, -0.2) is 4.89 Å². The number of rotatable bonds is 4. The van der Waals surface area contributed by atoms with E-state index in [4.69, 9.17) is 24.0 Å². The van der Waals surface area contributed by atoms with Gasteiger partial charge in [0.25, 0.3) is 0 Å². The lowest BCUT2D eigenvalue weighted by atomic mass is 9.73. The molecular formula is C20H26O6. The summed E-state index contributed by atoms with van der Waals surface area (Å²) in [6.45, 7) is 1.66. The molecule has 1 saturated carbocycles. The highest BCUT2D eigenvalue weighted by molar-refractivity contribution is 5.65. The Labute approximate surface area is 153 Å². The Morgan fingerprint density at radius 3 is 2.69 bits per heavy atom. The van der Waals surface area contributed by atoms with E-state index in [0.717, 1.165) is 43.2 Å². The van der Waals surface area contributed by atoms with Gasteiger partial charge in [0.1, 0.15) is 6.61 Å². The fourth-order valence-corrected chi connectivity index (χ4v) is 4.54. The molecule has 5 rings (SSSR count). The summed E-state index contributed by atoms with van der Waals surface area (Å²) in [7, 11) is 1.67. The van der Waals surface area contributed by atoms with Crippen molar-refractivity contribution >= 4 is 5.97 Å². The molecule has 0 unspecified atom stereocenters. The number of carbonyl (C=O) groups excluding carboxylic acids is 1. The molecule has 6 heteroatoms. The number of hydrogen-bond donors (Lipinski definition) is 0. The number of fused-ring (bicyclic) bond motifs is 3. The van der Waals surface area contributed by atoms with Crippen molar-refractivity contribution in [2.45, 2.75) is 69.7 Å². The van der Waals surface area contributed by atoms with Crippen LogP contribution in [0.2, 0.25) is 0 Å².